The van der Waals surface area contributed by atoms with Crippen molar-refractivity contribution in [1.82, 2.24) is 19.9 Å². The van der Waals surface area contributed by atoms with E-state index in [1.54, 1.807) is 30.7 Å². The standard InChI is InChI=1S/C31H50N5O4S2Si2/c1-17(2)43(18(3)4)40-44(19(5)6,20(7)8)39-16-22-14-25(31(10,38)27(22)37)35-28-26(21(9)33-30(36-28)41-11)29-34-23-15-32-13-12-24(23)42-29/h12-13,15,17-20,22,25,27,37-38H,14,16H2,1-11H3,(H,33,35,36)/t22-,25-,27-,31+/m1/s1. The van der Waals surface area contributed by atoms with Gasteiger partial charge in [0.05, 0.1) is 34.3 Å². The van der Waals surface area contributed by atoms with Crippen molar-refractivity contribution >= 4 is 56.7 Å². The monoisotopic (exact) mass is 676 g/mol. The molecule has 243 valence electrons. The molecule has 4 atom stereocenters. The van der Waals surface area contributed by atoms with Crippen molar-refractivity contribution < 1.29 is 18.8 Å². The fraction of sp³-hybridized carbons (Fsp3) is 0.677. The highest BCUT2D eigenvalue weighted by molar-refractivity contribution is 7.98. The maximum Gasteiger partial charge on any atom is 0.333 e. The van der Waals surface area contributed by atoms with Gasteiger partial charge >= 0.3 is 8.56 Å². The maximum absolute atomic E-state index is 11.7. The summed E-state index contributed by atoms with van der Waals surface area (Å²) in [5.41, 5.74) is 2.41. The average molecular weight is 677 g/mol. The lowest BCUT2D eigenvalue weighted by molar-refractivity contribution is -0.0648. The normalized spacial score (nSPS) is 22.9. The van der Waals surface area contributed by atoms with Crippen LogP contribution in [0.2, 0.25) is 22.2 Å². The zero-order chi connectivity index (χ0) is 32.6. The third kappa shape index (κ3) is 7.09. The number of hydrogen-bond donors (Lipinski definition) is 3. The molecule has 44 heavy (non-hydrogen) atoms. The third-order valence-electron chi connectivity index (χ3n) is 8.80. The van der Waals surface area contributed by atoms with Crippen LogP contribution < -0.4 is 5.32 Å². The molecule has 0 aliphatic heterocycles. The highest BCUT2D eigenvalue weighted by Crippen LogP contribution is 2.43. The average Bonchev–Trinajstić information content (AvgIpc) is 3.46. The van der Waals surface area contributed by atoms with E-state index in [1.807, 2.05) is 19.2 Å². The van der Waals surface area contributed by atoms with Crippen LogP contribution in [-0.2, 0) is 8.54 Å². The molecule has 3 N–H and O–H groups in total. The minimum atomic E-state index is -2.67. The number of pyridine rings is 1. The Hall–Kier alpha value is -1.46. The Bertz CT molecular complexity index is 1370. The first-order valence-corrected chi connectivity index (χ1v) is 21.2. The second kappa shape index (κ2) is 14.1. The molecule has 1 aliphatic carbocycles. The topological polar surface area (TPSA) is 123 Å². The van der Waals surface area contributed by atoms with Crippen molar-refractivity contribution in [2.45, 2.75) is 121 Å². The quantitative estimate of drug-likeness (QED) is 0.0973. The fourth-order valence-corrected chi connectivity index (χ4v) is 17.1. The number of aryl methyl sites for hydroxylation is 1. The van der Waals surface area contributed by atoms with E-state index in [2.05, 4.69) is 65.7 Å². The molecule has 3 heterocycles. The smallest absolute Gasteiger partial charge is 0.333 e. The van der Waals surface area contributed by atoms with Gasteiger partial charge in [-0.05, 0) is 54.8 Å². The first-order chi connectivity index (χ1) is 20.6. The van der Waals surface area contributed by atoms with Crippen LogP contribution in [0, 0.1) is 12.8 Å². The SMILES string of the molecule is CSc1nc(C)c(-c2nc3cnccc3s2)c(N[C@@H]2C[C@H](CO[Si](O[Si](C(C)C)C(C)C)(C(C)C)C(C)C)[C@@H](O)[C@@]2(C)O)n1. The van der Waals surface area contributed by atoms with Gasteiger partial charge in [-0.3, -0.25) is 4.98 Å². The van der Waals surface area contributed by atoms with Gasteiger partial charge in [-0.25, -0.2) is 15.0 Å². The molecule has 0 unspecified atom stereocenters. The lowest BCUT2D eigenvalue weighted by Gasteiger charge is -2.43. The largest absolute Gasteiger partial charge is 0.435 e. The molecule has 1 aliphatic rings. The van der Waals surface area contributed by atoms with Gasteiger partial charge in [-0.1, -0.05) is 67.2 Å². The molecular formula is C31H50N5O4S2Si2. The molecule has 0 amide bonds. The minimum Gasteiger partial charge on any atom is -0.435 e. The number of aliphatic hydroxyl groups is 2. The molecule has 1 fully saturated rings. The number of anilines is 1. The third-order valence-corrected chi connectivity index (χ3v) is 18.7. The van der Waals surface area contributed by atoms with E-state index < -0.39 is 35.3 Å². The van der Waals surface area contributed by atoms with Crippen LogP contribution in [0.5, 0.6) is 0 Å². The van der Waals surface area contributed by atoms with Gasteiger partial charge in [-0.15, -0.1) is 11.3 Å². The molecule has 13 heteroatoms. The van der Waals surface area contributed by atoms with Crippen molar-refractivity contribution in [2.75, 3.05) is 18.2 Å². The Morgan fingerprint density at radius 3 is 2.34 bits per heavy atom. The molecule has 0 aromatic carbocycles. The fourth-order valence-electron chi connectivity index (χ4n) is 6.36. The van der Waals surface area contributed by atoms with Crippen molar-refractivity contribution in [3.05, 3.63) is 24.2 Å². The molecular weight excluding hydrogens is 627 g/mol. The number of rotatable bonds is 13. The van der Waals surface area contributed by atoms with E-state index >= 15 is 0 Å². The van der Waals surface area contributed by atoms with E-state index in [4.69, 9.17) is 23.5 Å². The Morgan fingerprint density at radius 2 is 1.77 bits per heavy atom. The summed E-state index contributed by atoms with van der Waals surface area (Å²) in [6.07, 6.45) is 4.99. The van der Waals surface area contributed by atoms with E-state index in [-0.39, 0.29) is 17.0 Å². The molecule has 3 aromatic heterocycles. The van der Waals surface area contributed by atoms with Crippen LogP contribution in [0.25, 0.3) is 20.8 Å². The predicted octanol–water partition coefficient (Wildman–Crippen LogP) is 7.20. The number of nitrogens with zero attached hydrogens (tertiary/aromatic N) is 4. The van der Waals surface area contributed by atoms with E-state index in [9.17, 15) is 10.2 Å². The van der Waals surface area contributed by atoms with Crippen molar-refractivity contribution in [3.8, 4) is 10.6 Å². The lowest BCUT2D eigenvalue weighted by Crippen LogP contribution is -2.54. The summed E-state index contributed by atoms with van der Waals surface area (Å²) in [6.45, 7) is 21.8. The zero-order valence-corrected chi connectivity index (χ0v) is 31.6. The molecule has 0 saturated heterocycles. The molecule has 9 nitrogen and oxygen atoms in total. The second-order valence-electron chi connectivity index (χ2n) is 13.4. The molecule has 0 spiro atoms. The van der Waals surface area contributed by atoms with Gasteiger partial charge in [0.2, 0.25) is 9.04 Å². The number of hydrogen-bond acceptors (Lipinski definition) is 11. The van der Waals surface area contributed by atoms with Gasteiger partial charge < -0.3 is 24.1 Å². The first-order valence-electron chi connectivity index (χ1n) is 15.6. The number of aliphatic hydroxyl groups excluding tert-OH is 1. The summed E-state index contributed by atoms with van der Waals surface area (Å²) in [5, 5.41) is 28.1. The summed E-state index contributed by atoms with van der Waals surface area (Å²) in [7, 11) is -3.79. The van der Waals surface area contributed by atoms with Gasteiger partial charge in [0.1, 0.15) is 21.9 Å². The van der Waals surface area contributed by atoms with Gasteiger partial charge in [0.15, 0.2) is 5.16 Å². The van der Waals surface area contributed by atoms with Gasteiger partial charge in [-0.2, -0.15) is 0 Å². The highest BCUT2D eigenvalue weighted by atomic mass is 32.2. The highest BCUT2D eigenvalue weighted by Gasteiger charge is 2.53. The Morgan fingerprint density at radius 1 is 1.11 bits per heavy atom. The van der Waals surface area contributed by atoms with Crippen molar-refractivity contribution in [3.63, 3.8) is 0 Å². The molecule has 4 rings (SSSR count). The Labute approximate surface area is 274 Å². The van der Waals surface area contributed by atoms with Gasteiger partial charge in [0, 0.05) is 18.7 Å². The van der Waals surface area contributed by atoms with Crippen LogP contribution in [-0.4, -0.2) is 78.4 Å². The van der Waals surface area contributed by atoms with Crippen molar-refractivity contribution in [1.29, 1.82) is 0 Å². The van der Waals surface area contributed by atoms with Crippen molar-refractivity contribution in [2.24, 2.45) is 5.92 Å². The Balaban J connectivity index is 1.62. The summed E-state index contributed by atoms with van der Waals surface area (Å²) in [6, 6.07) is 1.48. The van der Waals surface area contributed by atoms with Crippen LogP contribution in [0.3, 0.4) is 0 Å². The zero-order valence-electron chi connectivity index (χ0n) is 28.0. The van der Waals surface area contributed by atoms with E-state index in [0.717, 1.165) is 26.5 Å². The number of thioether (sulfide) groups is 1. The van der Waals surface area contributed by atoms with Gasteiger partial charge in [0.25, 0.3) is 0 Å². The summed E-state index contributed by atoms with van der Waals surface area (Å²) in [4.78, 5) is 18.6. The molecule has 3 aromatic rings. The van der Waals surface area contributed by atoms with E-state index in [1.165, 1.54) is 11.8 Å². The molecule has 1 saturated carbocycles. The summed E-state index contributed by atoms with van der Waals surface area (Å²) in [5.74, 6) is 0.328. The summed E-state index contributed by atoms with van der Waals surface area (Å²) < 4.78 is 15.1. The minimum absolute atomic E-state index is 0.244. The number of aromatic nitrogens is 4. The lowest BCUT2D eigenvalue weighted by atomic mass is 9.96. The van der Waals surface area contributed by atoms with Crippen LogP contribution >= 0.6 is 23.1 Å². The number of fused-ring (bicyclic) bond motifs is 1. The van der Waals surface area contributed by atoms with E-state index in [0.29, 0.717) is 35.1 Å². The maximum atomic E-state index is 11.7. The molecule has 1 radical (unpaired) electrons. The second-order valence-corrected chi connectivity index (χ2v) is 23.2. The van der Waals surface area contributed by atoms with Crippen LogP contribution in [0.4, 0.5) is 5.82 Å². The Kier molecular flexibility index (Phi) is 11.4. The number of thiazole rings is 1. The predicted molar refractivity (Wildman–Crippen MR) is 186 cm³/mol. The summed E-state index contributed by atoms with van der Waals surface area (Å²) >= 11 is 3.02. The van der Waals surface area contributed by atoms with Crippen LogP contribution in [0.15, 0.2) is 23.6 Å². The number of nitrogens with one attached hydrogen (secondary N) is 1. The first kappa shape index (κ1) is 35.4. The van der Waals surface area contributed by atoms with Crippen LogP contribution in [0.1, 0.15) is 74.4 Å². The molecule has 0 bridgehead atoms.